The van der Waals surface area contributed by atoms with E-state index in [-0.39, 0.29) is 11.4 Å². The van der Waals surface area contributed by atoms with E-state index in [4.69, 9.17) is 11.6 Å². The van der Waals surface area contributed by atoms with Crippen molar-refractivity contribution < 1.29 is 31.2 Å². The van der Waals surface area contributed by atoms with Crippen LogP contribution in [-0.2, 0) is 21.0 Å². The van der Waals surface area contributed by atoms with E-state index in [1.54, 1.807) is 12.1 Å². The van der Waals surface area contributed by atoms with Gasteiger partial charge in [0.2, 0.25) is 0 Å². The SMILES string of the molecule is CONC(=O)c1cc(Sc2ccc(NS(=O)(=O)c3ccc(Cl)c(C(F)(F)F)c3)cc2)ncn1. The highest BCUT2D eigenvalue weighted by molar-refractivity contribution is 7.99. The molecule has 0 aliphatic heterocycles. The molecule has 3 rings (SSSR count). The molecule has 0 radical (unpaired) electrons. The van der Waals surface area contributed by atoms with E-state index in [1.165, 1.54) is 43.4 Å². The molecule has 1 heterocycles. The van der Waals surface area contributed by atoms with Gasteiger partial charge in [0, 0.05) is 16.6 Å². The van der Waals surface area contributed by atoms with Gasteiger partial charge in [0.1, 0.15) is 17.0 Å². The lowest BCUT2D eigenvalue weighted by Crippen LogP contribution is -2.22. The number of benzene rings is 2. The molecular formula is C19H14ClF3N4O4S2. The Hall–Kier alpha value is -2.87. The maximum Gasteiger partial charge on any atom is 0.417 e. The van der Waals surface area contributed by atoms with Crippen LogP contribution in [0, 0.1) is 0 Å². The van der Waals surface area contributed by atoms with Gasteiger partial charge in [-0.3, -0.25) is 14.4 Å². The van der Waals surface area contributed by atoms with E-state index in [9.17, 15) is 26.4 Å². The summed E-state index contributed by atoms with van der Waals surface area (Å²) in [7, 11) is -3.01. The van der Waals surface area contributed by atoms with E-state index in [0.29, 0.717) is 16.0 Å². The average Bonchev–Trinajstić information content (AvgIpc) is 2.74. The third-order valence-electron chi connectivity index (χ3n) is 3.95. The maximum atomic E-state index is 13.0. The highest BCUT2D eigenvalue weighted by Crippen LogP contribution is 2.36. The zero-order valence-electron chi connectivity index (χ0n) is 16.6. The number of rotatable bonds is 7. The van der Waals surface area contributed by atoms with E-state index in [2.05, 4.69) is 25.0 Å². The highest BCUT2D eigenvalue weighted by atomic mass is 35.5. The molecule has 0 atom stereocenters. The van der Waals surface area contributed by atoms with Crippen molar-refractivity contribution >= 4 is 45.0 Å². The number of sulfonamides is 1. The molecule has 0 aliphatic rings. The first-order chi connectivity index (χ1) is 15.5. The summed E-state index contributed by atoms with van der Waals surface area (Å²) in [6.07, 6.45) is -3.59. The number of alkyl halides is 3. The number of halogens is 4. The molecule has 3 aromatic rings. The Morgan fingerprint density at radius 1 is 1.09 bits per heavy atom. The van der Waals surface area contributed by atoms with Gasteiger partial charge in [0.15, 0.2) is 0 Å². The minimum Gasteiger partial charge on any atom is -0.280 e. The van der Waals surface area contributed by atoms with Crippen molar-refractivity contribution in [2.75, 3.05) is 11.8 Å². The second kappa shape index (κ2) is 9.95. The lowest BCUT2D eigenvalue weighted by atomic mass is 10.2. The van der Waals surface area contributed by atoms with Gasteiger partial charge < -0.3 is 0 Å². The second-order valence-corrected chi connectivity index (χ2v) is 9.43. The van der Waals surface area contributed by atoms with Gasteiger partial charge >= 0.3 is 6.18 Å². The molecule has 1 aromatic heterocycles. The van der Waals surface area contributed by atoms with Gasteiger partial charge in [-0.1, -0.05) is 23.4 Å². The fourth-order valence-electron chi connectivity index (χ4n) is 2.48. The minimum atomic E-state index is -4.80. The number of aromatic nitrogens is 2. The Morgan fingerprint density at radius 3 is 2.42 bits per heavy atom. The first kappa shape index (κ1) is 24.8. The fraction of sp³-hybridized carbons (Fsp3) is 0.105. The molecule has 2 aromatic carbocycles. The van der Waals surface area contributed by atoms with Crippen LogP contribution in [0.5, 0.6) is 0 Å². The molecule has 0 saturated heterocycles. The molecule has 8 nitrogen and oxygen atoms in total. The predicted molar refractivity (Wildman–Crippen MR) is 114 cm³/mol. The molecule has 14 heteroatoms. The van der Waals surface area contributed by atoms with Crippen molar-refractivity contribution in [1.29, 1.82) is 0 Å². The smallest absolute Gasteiger partial charge is 0.280 e. The molecular weight excluding hydrogens is 505 g/mol. The largest absolute Gasteiger partial charge is 0.417 e. The van der Waals surface area contributed by atoms with Crippen molar-refractivity contribution in [2.45, 2.75) is 21.0 Å². The lowest BCUT2D eigenvalue weighted by Gasteiger charge is -2.13. The Labute approximate surface area is 195 Å². The van der Waals surface area contributed by atoms with Gasteiger partial charge in [-0.15, -0.1) is 0 Å². The number of nitrogens with one attached hydrogen (secondary N) is 2. The predicted octanol–water partition coefficient (Wildman–Crippen LogP) is 4.39. The summed E-state index contributed by atoms with van der Waals surface area (Å²) in [5.41, 5.74) is 1.10. The third-order valence-corrected chi connectivity index (χ3v) is 6.60. The Balaban J connectivity index is 1.75. The summed E-state index contributed by atoms with van der Waals surface area (Å²) in [5, 5.41) is -0.157. The van der Waals surface area contributed by atoms with Crippen LogP contribution in [0.1, 0.15) is 16.1 Å². The number of hydrogen-bond donors (Lipinski definition) is 2. The molecule has 174 valence electrons. The Kier molecular flexibility index (Phi) is 7.47. The van der Waals surface area contributed by atoms with Crippen LogP contribution < -0.4 is 10.2 Å². The summed E-state index contributed by atoms with van der Waals surface area (Å²) in [6, 6.07) is 9.78. The maximum absolute atomic E-state index is 13.0. The van der Waals surface area contributed by atoms with E-state index in [1.807, 2.05) is 0 Å². The summed E-state index contributed by atoms with van der Waals surface area (Å²) < 4.78 is 66.4. The topological polar surface area (TPSA) is 110 Å². The number of amides is 1. The van der Waals surface area contributed by atoms with Gasteiger partial charge in [0.05, 0.1) is 22.6 Å². The standard InChI is InChI=1S/C19H14ClF3N4O4S2/c1-31-26-18(28)16-9-17(25-10-24-16)32-12-4-2-11(3-5-12)27-33(29,30)13-6-7-15(20)14(8-13)19(21,22)23/h2-10,27H,1H3,(H,26,28). The van der Waals surface area contributed by atoms with Crippen molar-refractivity contribution in [3.8, 4) is 0 Å². The molecule has 2 N–H and O–H groups in total. The Bertz CT molecular complexity index is 1270. The number of anilines is 1. The van der Waals surface area contributed by atoms with Gasteiger partial charge in [0.25, 0.3) is 15.9 Å². The number of nitrogens with zero attached hydrogens (tertiary/aromatic N) is 2. The normalized spacial score (nSPS) is 11.8. The van der Waals surface area contributed by atoms with Crippen LogP contribution >= 0.6 is 23.4 Å². The van der Waals surface area contributed by atoms with Gasteiger partial charge in [-0.2, -0.15) is 13.2 Å². The van der Waals surface area contributed by atoms with Crippen molar-refractivity contribution in [2.24, 2.45) is 0 Å². The molecule has 0 fully saturated rings. The number of hydrogen-bond acceptors (Lipinski definition) is 7. The fourth-order valence-corrected chi connectivity index (χ4v) is 4.57. The third kappa shape index (κ3) is 6.35. The zero-order valence-corrected chi connectivity index (χ0v) is 18.9. The molecule has 33 heavy (non-hydrogen) atoms. The Morgan fingerprint density at radius 2 is 1.79 bits per heavy atom. The molecule has 0 spiro atoms. The van der Waals surface area contributed by atoms with E-state index >= 15 is 0 Å². The first-order valence-electron chi connectivity index (χ1n) is 8.82. The average molecular weight is 519 g/mol. The summed E-state index contributed by atoms with van der Waals surface area (Å²) in [6.45, 7) is 0. The molecule has 1 amide bonds. The van der Waals surface area contributed by atoms with Crippen molar-refractivity contribution in [3.63, 3.8) is 0 Å². The summed E-state index contributed by atoms with van der Waals surface area (Å²) in [5.74, 6) is -0.553. The number of carbonyl (C=O) groups excluding carboxylic acids is 1. The molecule has 0 saturated carbocycles. The van der Waals surface area contributed by atoms with E-state index in [0.717, 1.165) is 12.1 Å². The monoisotopic (exact) mass is 518 g/mol. The van der Waals surface area contributed by atoms with Gasteiger partial charge in [-0.25, -0.2) is 23.9 Å². The quantitative estimate of drug-likeness (QED) is 0.352. The van der Waals surface area contributed by atoms with Crippen LogP contribution in [0.15, 0.2) is 69.7 Å². The van der Waals surface area contributed by atoms with E-state index < -0.39 is 37.6 Å². The highest BCUT2D eigenvalue weighted by Gasteiger charge is 2.34. The van der Waals surface area contributed by atoms with Crippen LogP contribution in [0.3, 0.4) is 0 Å². The number of carbonyl (C=O) groups is 1. The first-order valence-corrected chi connectivity index (χ1v) is 11.5. The van der Waals surface area contributed by atoms with Crippen molar-refractivity contribution in [3.05, 3.63) is 71.1 Å². The minimum absolute atomic E-state index is 0.0833. The molecule has 0 bridgehead atoms. The van der Waals surface area contributed by atoms with Crippen LogP contribution in [-0.4, -0.2) is 31.4 Å². The summed E-state index contributed by atoms with van der Waals surface area (Å²) in [4.78, 5) is 24.3. The molecule has 0 unspecified atom stereocenters. The summed E-state index contributed by atoms with van der Waals surface area (Å²) >= 11 is 6.72. The zero-order chi connectivity index (χ0) is 24.2. The lowest BCUT2D eigenvalue weighted by molar-refractivity contribution is -0.137. The number of hydroxylamine groups is 1. The second-order valence-electron chi connectivity index (χ2n) is 6.25. The van der Waals surface area contributed by atoms with Crippen molar-refractivity contribution in [1.82, 2.24) is 15.4 Å². The van der Waals surface area contributed by atoms with Crippen LogP contribution in [0.4, 0.5) is 18.9 Å². The van der Waals surface area contributed by atoms with Crippen LogP contribution in [0.2, 0.25) is 5.02 Å². The van der Waals surface area contributed by atoms with Crippen LogP contribution in [0.25, 0.3) is 0 Å². The molecule has 0 aliphatic carbocycles. The van der Waals surface area contributed by atoms with Gasteiger partial charge in [-0.05, 0) is 42.5 Å².